The minimum absolute atomic E-state index is 0.120. The highest BCUT2D eigenvalue weighted by molar-refractivity contribution is 7.13. The predicted octanol–water partition coefficient (Wildman–Crippen LogP) is 2.89. The second kappa shape index (κ2) is 6.00. The zero-order chi connectivity index (χ0) is 15.8. The minimum atomic E-state index is 0.120. The maximum atomic E-state index is 12.7. The first-order valence-electron chi connectivity index (χ1n) is 8.21. The fourth-order valence-corrected chi connectivity index (χ4v) is 4.19. The monoisotopic (exact) mass is 331 g/mol. The van der Waals surface area contributed by atoms with E-state index in [2.05, 4.69) is 15.3 Å². The summed E-state index contributed by atoms with van der Waals surface area (Å²) in [5.41, 5.74) is 1.07. The van der Waals surface area contributed by atoms with Crippen LogP contribution in [0.25, 0.3) is 0 Å². The van der Waals surface area contributed by atoms with Gasteiger partial charge < -0.3 is 14.2 Å². The first-order chi connectivity index (χ1) is 11.2. The Kier molecular flexibility index (Phi) is 3.85. The standard InChI is InChI=1S/C17H21N3O2S/c1-12-11-23-17(18-12)20-6-3-5-19(7-8-20)16(21)14-10-13(14)15-4-2-9-22-15/h2,4,9,11,13-14H,3,5-8,10H2,1H3. The summed E-state index contributed by atoms with van der Waals surface area (Å²) in [6.07, 6.45) is 3.62. The third-order valence-corrected chi connectivity index (χ3v) is 5.72. The van der Waals surface area contributed by atoms with Crippen molar-refractivity contribution in [2.24, 2.45) is 5.92 Å². The highest BCUT2D eigenvalue weighted by Crippen LogP contribution is 2.48. The summed E-state index contributed by atoms with van der Waals surface area (Å²) >= 11 is 1.69. The lowest BCUT2D eigenvalue weighted by Gasteiger charge is -2.21. The zero-order valence-electron chi connectivity index (χ0n) is 13.3. The molecule has 2 fully saturated rings. The summed E-state index contributed by atoms with van der Waals surface area (Å²) < 4.78 is 5.44. The molecule has 23 heavy (non-hydrogen) atoms. The Labute approximate surface area is 139 Å². The number of carbonyl (C=O) groups is 1. The summed E-state index contributed by atoms with van der Waals surface area (Å²) in [6.45, 7) is 5.51. The SMILES string of the molecule is Cc1csc(N2CCCN(C(=O)C3CC3c3ccco3)CC2)n1. The number of nitrogens with zero attached hydrogens (tertiary/aromatic N) is 3. The van der Waals surface area contributed by atoms with E-state index in [1.807, 2.05) is 24.0 Å². The number of hydrogen-bond acceptors (Lipinski definition) is 5. The Balaban J connectivity index is 1.36. The van der Waals surface area contributed by atoms with Gasteiger partial charge in [0.15, 0.2) is 5.13 Å². The second-order valence-corrected chi connectivity index (χ2v) is 7.24. The fourth-order valence-electron chi connectivity index (χ4n) is 3.34. The van der Waals surface area contributed by atoms with Gasteiger partial charge >= 0.3 is 0 Å². The van der Waals surface area contributed by atoms with Crippen LogP contribution >= 0.6 is 11.3 Å². The molecular formula is C17H21N3O2S. The summed E-state index contributed by atoms with van der Waals surface area (Å²) in [6, 6.07) is 3.88. The minimum Gasteiger partial charge on any atom is -0.469 e. The maximum absolute atomic E-state index is 12.7. The van der Waals surface area contributed by atoms with Gasteiger partial charge in [-0.05, 0) is 31.9 Å². The van der Waals surface area contributed by atoms with Gasteiger partial charge in [0, 0.05) is 43.4 Å². The van der Waals surface area contributed by atoms with Gasteiger partial charge in [-0.25, -0.2) is 4.98 Å². The molecule has 2 aromatic heterocycles. The third-order valence-electron chi connectivity index (χ3n) is 4.70. The van der Waals surface area contributed by atoms with Gasteiger partial charge in [0.1, 0.15) is 5.76 Å². The first kappa shape index (κ1) is 14.8. The van der Waals surface area contributed by atoms with Crippen LogP contribution < -0.4 is 4.90 Å². The Morgan fingerprint density at radius 2 is 2.26 bits per heavy atom. The van der Waals surface area contributed by atoms with Crippen LogP contribution in [0.4, 0.5) is 5.13 Å². The lowest BCUT2D eigenvalue weighted by molar-refractivity contribution is -0.132. The van der Waals surface area contributed by atoms with Gasteiger partial charge in [-0.1, -0.05) is 0 Å². The van der Waals surface area contributed by atoms with Crippen molar-refractivity contribution in [1.82, 2.24) is 9.88 Å². The third kappa shape index (κ3) is 3.00. The molecule has 0 aromatic carbocycles. The molecule has 1 saturated carbocycles. The van der Waals surface area contributed by atoms with Crippen LogP contribution in [0.2, 0.25) is 0 Å². The zero-order valence-corrected chi connectivity index (χ0v) is 14.1. The van der Waals surface area contributed by atoms with E-state index in [0.717, 1.165) is 55.6 Å². The van der Waals surface area contributed by atoms with Gasteiger partial charge in [-0.2, -0.15) is 0 Å². The van der Waals surface area contributed by atoms with Crippen LogP contribution in [0.15, 0.2) is 28.2 Å². The van der Waals surface area contributed by atoms with Crippen molar-refractivity contribution in [2.45, 2.75) is 25.7 Å². The largest absolute Gasteiger partial charge is 0.469 e. The van der Waals surface area contributed by atoms with Crippen molar-refractivity contribution in [3.05, 3.63) is 35.2 Å². The van der Waals surface area contributed by atoms with Gasteiger partial charge in [-0.15, -0.1) is 11.3 Å². The number of rotatable bonds is 3. The lowest BCUT2D eigenvalue weighted by Crippen LogP contribution is -2.36. The van der Waals surface area contributed by atoms with Crippen molar-refractivity contribution in [2.75, 3.05) is 31.1 Å². The molecule has 0 bridgehead atoms. The van der Waals surface area contributed by atoms with Crippen molar-refractivity contribution >= 4 is 22.4 Å². The Morgan fingerprint density at radius 1 is 1.35 bits per heavy atom. The normalized spacial score (nSPS) is 24.6. The highest BCUT2D eigenvalue weighted by Gasteiger charge is 2.47. The maximum Gasteiger partial charge on any atom is 0.226 e. The van der Waals surface area contributed by atoms with Crippen LogP contribution in [0.1, 0.15) is 30.2 Å². The summed E-state index contributed by atoms with van der Waals surface area (Å²) in [5, 5.41) is 3.16. The Morgan fingerprint density at radius 3 is 3.00 bits per heavy atom. The number of anilines is 1. The van der Waals surface area contributed by atoms with Crippen LogP contribution in [-0.2, 0) is 4.79 Å². The molecule has 5 nitrogen and oxygen atoms in total. The summed E-state index contributed by atoms with van der Waals surface area (Å²) in [4.78, 5) is 21.6. The number of aromatic nitrogens is 1. The molecule has 2 aliphatic rings. The Bertz CT molecular complexity index is 682. The van der Waals surface area contributed by atoms with Gasteiger partial charge in [0.25, 0.3) is 0 Å². The number of aryl methyl sites for hydroxylation is 1. The number of furan rings is 1. The second-order valence-electron chi connectivity index (χ2n) is 6.40. The molecule has 2 aromatic rings. The Hall–Kier alpha value is -1.82. The number of thiazole rings is 1. The van der Waals surface area contributed by atoms with Crippen LogP contribution in [0, 0.1) is 12.8 Å². The van der Waals surface area contributed by atoms with E-state index >= 15 is 0 Å². The molecule has 6 heteroatoms. The van der Waals surface area contributed by atoms with Crippen molar-refractivity contribution in [1.29, 1.82) is 0 Å². The van der Waals surface area contributed by atoms with Crippen LogP contribution in [-0.4, -0.2) is 42.0 Å². The predicted molar refractivity (Wildman–Crippen MR) is 89.8 cm³/mol. The molecule has 0 spiro atoms. The molecule has 122 valence electrons. The summed E-state index contributed by atoms with van der Waals surface area (Å²) in [5.74, 6) is 1.66. The smallest absolute Gasteiger partial charge is 0.226 e. The highest BCUT2D eigenvalue weighted by atomic mass is 32.1. The quantitative estimate of drug-likeness (QED) is 0.868. The van der Waals surface area contributed by atoms with E-state index in [0.29, 0.717) is 11.8 Å². The van der Waals surface area contributed by atoms with E-state index in [1.54, 1.807) is 17.6 Å². The van der Waals surface area contributed by atoms with Gasteiger partial charge in [-0.3, -0.25) is 4.79 Å². The first-order valence-corrected chi connectivity index (χ1v) is 9.09. The fraction of sp³-hybridized carbons (Fsp3) is 0.529. The van der Waals surface area contributed by atoms with E-state index < -0.39 is 0 Å². The average Bonchev–Trinajstić information content (AvgIpc) is 3.06. The topological polar surface area (TPSA) is 49.6 Å². The van der Waals surface area contributed by atoms with Gasteiger partial charge in [0.2, 0.25) is 5.91 Å². The van der Waals surface area contributed by atoms with E-state index in [-0.39, 0.29) is 5.92 Å². The lowest BCUT2D eigenvalue weighted by atomic mass is 10.2. The van der Waals surface area contributed by atoms with Crippen LogP contribution in [0.3, 0.4) is 0 Å². The molecule has 0 radical (unpaired) electrons. The van der Waals surface area contributed by atoms with E-state index in [1.165, 1.54) is 0 Å². The van der Waals surface area contributed by atoms with Gasteiger partial charge in [0.05, 0.1) is 12.0 Å². The molecule has 1 amide bonds. The van der Waals surface area contributed by atoms with Crippen molar-refractivity contribution in [3.63, 3.8) is 0 Å². The molecular weight excluding hydrogens is 310 g/mol. The number of carbonyl (C=O) groups excluding carboxylic acids is 1. The number of hydrogen-bond donors (Lipinski definition) is 0. The average molecular weight is 331 g/mol. The number of amides is 1. The van der Waals surface area contributed by atoms with Crippen molar-refractivity contribution < 1.29 is 9.21 Å². The molecule has 4 rings (SSSR count). The molecule has 1 aliphatic carbocycles. The van der Waals surface area contributed by atoms with E-state index in [9.17, 15) is 4.79 Å². The van der Waals surface area contributed by atoms with E-state index in [4.69, 9.17) is 4.42 Å². The molecule has 1 saturated heterocycles. The molecule has 2 atom stereocenters. The van der Waals surface area contributed by atoms with Crippen molar-refractivity contribution in [3.8, 4) is 0 Å². The molecule has 3 heterocycles. The van der Waals surface area contributed by atoms with Crippen LogP contribution in [0.5, 0.6) is 0 Å². The molecule has 1 aliphatic heterocycles. The molecule has 2 unspecified atom stereocenters. The molecule has 0 N–H and O–H groups in total. The summed E-state index contributed by atoms with van der Waals surface area (Å²) in [7, 11) is 0.